The highest BCUT2D eigenvalue weighted by Gasteiger charge is 2.23. The number of carbonyl (C=O) groups excluding carboxylic acids is 1. The molecule has 1 fully saturated rings. The zero-order valence-corrected chi connectivity index (χ0v) is 15.8. The lowest BCUT2D eigenvalue weighted by Crippen LogP contribution is -2.39. The van der Waals surface area contributed by atoms with Crippen molar-refractivity contribution in [3.63, 3.8) is 0 Å². The third kappa shape index (κ3) is 5.01. The Labute approximate surface area is 159 Å². The van der Waals surface area contributed by atoms with Crippen LogP contribution in [0.3, 0.4) is 0 Å². The van der Waals surface area contributed by atoms with Gasteiger partial charge in [-0.3, -0.25) is 4.79 Å². The van der Waals surface area contributed by atoms with E-state index in [2.05, 4.69) is 22.3 Å². The van der Waals surface area contributed by atoms with Gasteiger partial charge in [-0.1, -0.05) is 5.16 Å². The summed E-state index contributed by atoms with van der Waals surface area (Å²) in [5.41, 5.74) is 1.75. The van der Waals surface area contributed by atoms with E-state index in [9.17, 15) is 4.79 Å². The minimum absolute atomic E-state index is 0.0923. The van der Waals surface area contributed by atoms with Crippen LogP contribution in [-0.2, 0) is 0 Å². The minimum atomic E-state index is 0.0923. The lowest BCUT2D eigenvalue weighted by Gasteiger charge is -2.32. The molecule has 1 aliphatic rings. The number of hydrogen-bond acceptors (Lipinski definition) is 6. The second-order valence-electron chi connectivity index (χ2n) is 6.85. The van der Waals surface area contributed by atoms with Gasteiger partial charge in [0.2, 0.25) is 0 Å². The second kappa shape index (κ2) is 9.41. The van der Waals surface area contributed by atoms with Gasteiger partial charge in [0.15, 0.2) is 5.82 Å². The maximum absolute atomic E-state index is 12.8. The molecule has 3 rings (SSSR count). The SMILES string of the molecule is CCN(CCO)c1ccc(C(=O)N2CCC(CNc3ccon3)CC2)cc1. The van der Waals surface area contributed by atoms with E-state index in [1.54, 1.807) is 6.26 Å². The number of aromatic nitrogens is 1. The van der Waals surface area contributed by atoms with Gasteiger partial charge in [0.05, 0.1) is 6.61 Å². The summed E-state index contributed by atoms with van der Waals surface area (Å²) in [6.45, 7) is 5.99. The molecular weight excluding hydrogens is 344 g/mol. The van der Waals surface area contributed by atoms with Crippen molar-refractivity contribution in [3.8, 4) is 0 Å². The molecule has 0 unspecified atom stereocenters. The summed E-state index contributed by atoms with van der Waals surface area (Å²) in [4.78, 5) is 16.8. The van der Waals surface area contributed by atoms with Gasteiger partial charge in [0.25, 0.3) is 5.91 Å². The highest BCUT2D eigenvalue weighted by molar-refractivity contribution is 5.94. The van der Waals surface area contributed by atoms with Gasteiger partial charge in [0.1, 0.15) is 6.26 Å². The van der Waals surface area contributed by atoms with E-state index in [4.69, 9.17) is 9.63 Å². The van der Waals surface area contributed by atoms with Gasteiger partial charge in [-0.25, -0.2) is 0 Å². The molecule has 7 nitrogen and oxygen atoms in total. The van der Waals surface area contributed by atoms with E-state index in [1.807, 2.05) is 35.2 Å². The van der Waals surface area contributed by atoms with Crippen molar-refractivity contribution in [3.05, 3.63) is 42.2 Å². The van der Waals surface area contributed by atoms with Crippen molar-refractivity contribution < 1.29 is 14.4 Å². The van der Waals surface area contributed by atoms with Gasteiger partial charge >= 0.3 is 0 Å². The number of likely N-dealkylation sites (tertiary alicyclic amines) is 1. The molecule has 0 aliphatic carbocycles. The Morgan fingerprint density at radius 1 is 1.30 bits per heavy atom. The molecule has 2 aromatic rings. The molecule has 0 spiro atoms. The van der Waals surface area contributed by atoms with E-state index >= 15 is 0 Å². The second-order valence-corrected chi connectivity index (χ2v) is 6.85. The minimum Gasteiger partial charge on any atom is -0.395 e. The number of carbonyl (C=O) groups is 1. The van der Waals surface area contributed by atoms with Crippen LogP contribution in [0.15, 0.2) is 41.1 Å². The summed E-state index contributed by atoms with van der Waals surface area (Å²) < 4.78 is 4.81. The fourth-order valence-corrected chi connectivity index (χ4v) is 3.48. The third-order valence-corrected chi connectivity index (χ3v) is 5.14. The number of rotatable bonds is 8. The molecule has 146 valence electrons. The summed E-state index contributed by atoms with van der Waals surface area (Å²) in [5.74, 6) is 1.38. The van der Waals surface area contributed by atoms with Crippen LogP contribution >= 0.6 is 0 Å². The van der Waals surface area contributed by atoms with Crippen molar-refractivity contribution >= 4 is 17.4 Å². The Bertz CT molecular complexity index is 695. The van der Waals surface area contributed by atoms with E-state index < -0.39 is 0 Å². The van der Waals surface area contributed by atoms with Gasteiger partial charge in [-0.15, -0.1) is 0 Å². The van der Waals surface area contributed by atoms with Gasteiger partial charge < -0.3 is 24.7 Å². The van der Waals surface area contributed by atoms with Crippen molar-refractivity contribution in [1.29, 1.82) is 0 Å². The van der Waals surface area contributed by atoms with Crippen LogP contribution in [0.4, 0.5) is 11.5 Å². The molecule has 1 aromatic carbocycles. The Hall–Kier alpha value is -2.54. The first-order chi connectivity index (χ1) is 13.2. The average Bonchev–Trinajstić information content (AvgIpc) is 3.24. The number of hydrogen-bond donors (Lipinski definition) is 2. The largest absolute Gasteiger partial charge is 0.395 e. The van der Waals surface area contributed by atoms with Crippen molar-refractivity contribution in [2.45, 2.75) is 19.8 Å². The molecule has 2 heterocycles. The van der Waals surface area contributed by atoms with Gasteiger partial charge in [0, 0.05) is 50.0 Å². The van der Waals surface area contributed by atoms with Gasteiger partial charge in [-0.2, -0.15) is 0 Å². The zero-order valence-electron chi connectivity index (χ0n) is 15.8. The maximum atomic E-state index is 12.8. The van der Waals surface area contributed by atoms with E-state index in [1.165, 1.54) is 0 Å². The first-order valence-corrected chi connectivity index (χ1v) is 9.60. The first-order valence-electron chi connectivity index (χ1n) is 9.60. The topological polar surface area (TPSA) is 81.8 Å². The summed E-state index contributed by atoms with van der Waals surface area (Å²) in [6.07, 6.45) is 3.52. The van der Waals surface area contributed by atoms with Crippen molar-refractivity contribution in [2.75, 3.05) is 49.5 Å². The van der Waals surface area contributed by atoms with Crippen molar-refractivity contribution in [1.82, 2.24) is 10.1 Å². The molecule has 0 saturated carbocycles. The summed E-state index contributed by atoms with van der Waals surface area (Å²) in [6, 6.07) is 9.50. The lowest BCUT2D eigenvalue weighted by atomic mass is 9.96. The zero-order chi connectivity index (χ0) is 19.1. The third-order valence-electron chi connectivity index (χ3n) is 5.14. The fraction of sp³-hybridized carbons (Fsp3) is 0.500. The van der Waals surface area contributed by atoms with E-state index in [-0.39, 0.29) is 12.5 Å². The van der Waals surface area contributed by atoms with Crippen LogP contribution in [-0.4, -0.2) is 60.4 Å². The number of amides is 1. The van der Waals surface area contributed by atoms with Crippen LogP contribution < -0.4 is 10.2 Å². The Balaban J connectivity index is 1.50. The standard InChI is InChI=1S/C20H28N4O3/c1-2-23(12-13-25)18-5-3-17(4-6-18)20(26)24-10-7-16(8-11-24)15-21-19-9-14-27-22-19/h3-6,9,14,16,25H,2,7-8,10-13,15H2,1H3,(H,21,22). The molecule has 7 heteroatoms. The molecule has 27 heavy (non-hydrogen) atoms. The quantitative estimate of drug-likeness (QED) is 0.741. The van der Waals surface area contributed by atoms with Crippen LogP contribution in [0.25, 0.3) is 0 Å². The predicted molar refractivity (Wildman–Crippen MR) is 105 cm³/mol. The first kappa shape index (κ1) is 19.2. The monoisotopic (exact) mass is 372 g/mol. The van der Waals surface area contributed by atoms with Crippen LogP contribution in [0.5, 0.6) is 0 Å². The Morgan fingerprint density at radius 2 is 2.04 bits per heavy atom. The number of piperidine rings is 1. The van der Waals surface area contributed by atoms with Crippen LogP contribution in [0.2, 0.25) is 0 Å². The molecule has 1 saturated heterocycles. The number of anilines is 2. The summed E-state index contributed by atoms with van der Waals surface area (Å²) in [7, 11) is 0. The lowest BCUT2D eigenvalue weighted by molar-refractivity contribution is 0.0695. The summed E-state index contributed by atoms with van der Waals surface area (Å²) in [5, 5.41) is 16.3. The highest BCUT2D eigenvalue weighted by Crippen LogP contribution is 2.21. The number of benzene rings is 1. The van der Waals surface area contributed by atoms with Crippen molar-refractivity contribution in [2.24, 2.45) is 5.92 Å². The smallest absolute Gasteiger partial charge is 0.253 e. The number of aliphatic hydroxyl groups is 1. The maximum Gasteiger partial charge on any atom is 0.253 e. The summed E-state index contributed by atoms with van der Waals surface area (Å²) >= 11 is 0. The normalized spacial score (nSPS) is 15.0. The number of likely N-dealkylation sites (N-methyl/N-ethyl adjacent to an activating group) is 1. The fourth-order valence-electron chi connectivity index (χ4n) is 3.48. The predicted octanol–water partition coefficient (Wildman–Crippen LogP) is 2.46. The van der Waals surface area contributed by atoms with E-state index in [0.717, 1.165) is 56.1 Å². The molecular formula is C20H28N4O3. The molecule has 0 radical (unpaired) electrons. The molecule has 0 bridgehead atoms. The number of nitrogens with one attached hydrogen (secondary N) is 1. The molecule has 1 amide bonds. The Kier molecular flexibility index (Phi) is 6.70. The number of nitrogens with zero attached hydrogens (tertiary/aromatic N) is 3. The molecule has 1 aromatic heterocycles. The number of aliphatic hydroxyl groups excluding tert-OH is 1. The average molecular weight is 372 g/mol. The molecule has 1 aliphatic heterocycles. The highest BCUT2D eigenvalue weighted by atomic mass is 16.5. The van der Waals surface area contributed by atoms with Crippen LogP contribution in [0, 0.1) is 5.92 Å². The molecule has 2 N–H and O–H groups in total. The van der Waals surface area contributed by atoms with Gasteiger partial charge in [-0.05, 0) is 49.9 Å². The van der Waals surface area contributed by atoms with Crippen LogP contribution in [0.1, 0.15) is 30.1 Å². The van der Waals surface area contributed by atoms with E-state index in [0.29, 0.717) is 12.5 Å². The Morgan fingerprint density at radius 3 is 2.63 bits per heavy atom. The molecule has 0 atom stereocenters.